The van der Waals surface area contributed by atoms with E-state index in [2.05, 4.69) is 0 Å². The maximum atomic E-state index is 12.9. The molecule has 15 heavy (non-hydrogen) atoms. The fourth-order valence-corrected chi connectivity index (χ4v) is 1.36. The summed E-state index contributed by atoms with van der Waals surface area (Å²) in [7, 11) is 0. The lowest BCUT2D eigenvalue weighted by atomic mass is 10.1. The summed E-state index contributed by atoms with van der Waals surface area (Å²) >= 11 is 0. The number of nitro groups is 1. The summed E-state index contributed by atoms with van der Waals surface area (Å²) in [5.74, 6) is -1.91. The molecule has 6 heteroatoms. The van der Waals surface area contributed by atoms with Crippen molar-refractivity contribution in [3.8, 4) is 0 Å². The van der Waals surface area contributed by atoms with Crippen LogP contribution in [0, 0.1) is 22.9 Å². The summed E-state index contributed by atoms with van der Waals surface area (Å²) < 4.78 is 12.9. The van der Waals surface area contributed by atoms with Gasteiger partial charge in [0.05, 0.1) is 11.3 Å². The molecule has 0 unspecified atom stereocenters. The molecule has 0 aliphatic heterocycles. The highest BCUT2D eigenvalue weighted by atomic mass is 19.1. The third-order valence-electron chi connectivity index (χ3n) is 1.87. The molecule has 0 atom stereocenters. The normalized spacial score (nSPS) is 10.0. The largest absolute Gasteiger partial charge is 0.481 e. The Morgan fingerprint density at radius 1 is 1.60 bits per heavy atom. The molecular weight excluding hydrogens is 205 g/mol. The van der Waals surface area contributed by atoms with E-state index in [1.54, 1.807) is 0 Å². The third kappa shape index (κ3) is 2.49. The van der Waals surface area contributed by atoms with Gasteiger partial charge in [0.2, 0.25) is 0 Å². The van der Waals surface area contributed by atoms with Crippen molar-refractivity contribution in [1.82, 2.24) is 0 Å². The molecule has 1 aromatic rings. The van der Waals surface area contributed by atoms with Gasteiger partial charge in [0.25, 0.3) is 5.69 Å². The smallest absolute Gasteiger partial charge is 0.308 e. The number of benzene rings is 1. The quantitative estimate of drug-likeness (QED) is 0.611. The van der Waals surface area contributed by atoms with Gasteiger partial charge in [0.15, 0.2) is 0 Å². The predicted octanol–water partition coefficient (Wildman–Crippen LogP) is 1.67. The lowest BCUT2D eigenvalue weighted by Gasteiger charge is -2.03. The van der Waals surface area contributed by atoms with Crippen molar-refractivity contribution in [2.45, 2.75) is 13.3 Å². The van der Waals surface area contributed by atoms with Crippen LogP contribution in [0.5, 0.6) is 0 Å². The van der Waals surface area contributed by atoms with Gasteiger partial charge in [-0.2, -0.15) is 0 Å². The minimum absolute atomic E-state index is 0.120. The van der Waals surface area contributed by atoms with Gasteiger partial charge in [-0.3, -0.25) is 14.9 Å². The van der Waals surface area contributed by atoms with Crippen molar-refractivity contribution in [2.75, 3.05) is 0 Å². The standard InChI is InChI=1S/C9H8FNO4/c1-5-2-7(10)3-6(4-8(12)13)9(5)11(14)15/h2-3H,4H2,1H3,(H,12,13). The average Bonchev–Trinajstić information content (AvgIpc) is 1.99. The zero-order chi connectivity index (χ0) is 11.6. The molecule has 0 radical (unpaired) electrons. The van der Waals surface area contributed by atoms with Gasteiger partial charge in [0, 0.05) is 11.1 Å². The van der Waals surface area contributed by atoms with Gasteiger partial charge in [-0.15, -0.1) is 0 Å². The lowest BCUT2D eigenvalue weighted by molar-refractivity contribution is -0.386. The van der Waals surface area contributed by atoms with Crippen molar-refractivity contribution in [1.29, 1.82) is 0 Å². The van der Waals surface area contributed by atoms with Gasteiger partial charge < -0.3 is 5.11 Å². The fraction of sp³-hybridized carbons (Fsp3) is 0.222. The molecule has 0 spiro atoms. The van der Waals surface area contributed by atoms with Crippen LogP contribution in [-0.4, -0.2) is 16.0 Å². The van der Waals surface area contributed by atoms with Crippen LogP contribution in [0.1, 0.15) is 11.1 Å². The number of carboxylic acids is 1. The highest BCUT2D eigenvalue weighted by molar-refractivity contribution is 5.72. The van der Waals surface area contributed by atoms with Crippen molar-refractivity contribution >= 4 is 11.7 Å². The van der Waals surface area contributed by atoms with Crippen LogP contribution in [0.15, 0.2) is 12.1 Å². The van der Waals surface area contributed by atoms with E-state index in [0.29, 0.717) is 0 Å². The van der Waals surface area contributed by atoms with Gasteiger partial charge >= 0.3 is 5.97 Å². The van der Waals surface area contributed by atoms with E-state index in [4.69, 9.17) is 5.11 Å². The van der Waals surface area contributed by atoms with Gasteiger partial charge in [-0.25, -0.2) is 4.39 Å². The summed E-state index contributed by atoms with van der Waals surface area (Å²) in [5.41, 5.74) is -0.333. The zero-order valence-electron chi connectivity index (χ0n) is 7.86. The first-order valence-electron chi connectivity index (χ1n) is 4.07. The Kier molecular flexibility index (Phi) is 2.99. The monoisotopic (exact) mass is 213 g/mol. The van der Waals surface area contributed by atoms with E-state index in [0.717, 1.165) is 12.1 Å². The van der Waals surface area contributed by atoms with Crippen molar-refractivity contribution < 1.29 is 19.2 Å². The second-order valence-electron chi connectivity index (χ2n) is 3.06. The van der Waals surface area contributed by atoms with E-state index < -0.39 is 23.1 Å². The minimum atomic E-state index is -1.23. The molecule has 0 bridgehead atoms. The van der Waals surface area contributed by atoms with Crippen LogP contribution in [0.2, 0.25) is 0 Å². The number of aliphatic carboxylic acids is 1. The number of rotatable bonds is 3. The molecule has 80 valence electrons. The predicted molar refractivity (Wildman–Crippen MR) is 49.1 cm³/mol. The Labute approximate surface area is 84.3 Å². The van der Waals surface area contributed by atoms with Crippen molar-refractivity contribution in [2.24, 2.45) is 0 Å². The molecule has 0 fully saturated rings. The van der Waals surface area contributed by atoms with Crippen LogP contribution < -0.4 is 0 Å². The summed E-state index contributed by atoms with van der Waals surface area (Å²) in [6.45, 7) is 1.37. The Hall–Kier alpha value is -1.98. The summed E-state index contributed by atoms with van der Waals surface area (Å²) in [6.07, 6.45) is -0.561. The number of halogens is 1. The Bertz CT molecular complexity index is 430. The molecular formula is C9H8FNO4. The van der Waals surface area contributed by atoms with E-state index in [-0.39, 0.29) is 16.8 Å². The second kappa shape index (κ2) is 4.04. The first-order chi connectivity index (χ1) is 6.91. The van der Waals surface area contributed by atoms with Gasteiger partial charge in [-0.1, -0.05) is 0 Å². The zero-order valence-corrected chi connectivity index (χ0v) is 7.86. The topological polar surface area (TPSA) is 80.4 Å². The maximum absolute atomic E-state index is 12.9. The minimum Gasteiger partial charge on any atom is -0.481 e. The molecule has 1 rings (SSSR count). The third-order valence-corrected chi connectivity index (χ3v) is 1.87. The van der Waals surface area contributed by atoms with Crippen LogP contribution in [-0.2, 0) is 11.2 Å². The van der Waals surface area contributed by atoms with Crippen LogP contribution in [0.4, 0.5) is 10.1 Å². The molecule has 0 aliphatic carbocycles. The van der Waals surface area contributed by atoms with Gasteiger partial charge in [0.1, 0.15) is 5.82 Å². The molecule has 0 heterocycles. The van der Waals surface area contributed by atoms with Crippen molar-refractivity contribution in [3.63, 3.8) is 0 Å². The summed E-state index contributed by atoms with van der Waals surface area (Å²) in [4.78, 5) is 20.3. The molecule has 0 aliphatic rings. The molecule has 1 N–H and O–H groups in total. The van der Waals surface area contributed by atoms with Gasteiger partial charge in [-0.05, 0) is 19.1 Å². The molecule has 1 aromatic carbocycles. The van der Waals surface area contributed by atoms with Crippen LogP contribution in [0.25, 0.3) is 0 Å². The molecule has 0 saturated carbocycles. The number of nitrogens with zero attached hydrogens (tertiary/aromatic N) is 1. The number of carboxylic acid groups (broad SMARTS) is 1. The SMILES string of the molecule is Cc1cc(F)cc(CC(=O)O)c1[N+](=O)[O-]. The molecule has 0 aromatic heterocycles. The maximum Gasteiger partial charge on any atom is 0.308 e. The first kappa shape index (κ1) is 11.1. The number of carbonyl (C=O) groups is 1. The molecule has 0 amide bonds. The second-order valence-corrected chi connectivity index (χ2v) is 3.06. The number of nitro benzene ring substituents is 1. The number of hydrogen-bond acceptors (Lipinski definition) is 3. The van der Waals surface area contributed by atoms with E-state index in [1.807, 2.05) is 0 Å². The van der Waals surface area contributed by atoms with Crippen LogP contribution >= 0.6 is 0 Å². The molecule has 0 saturated heterocycles. The van der Waals surface area contributed by atoms with Crippen LogP contribution in [0.3, 0.4) is 0 Å². The Morgan fingerprint density at radius 3 is 2.67 bits per heavy atom. The molecule has 5 nitrogen and oxygen atoms in total. The van der Waals surface area contributed by atoms with E-state index in [9.17, 15) is 19.3 Å². The number of hydrogen-bond donors (Lipinski definition) is 1. The number of aryl methyl sites for hydroxylation is 1. The lowest BCUT2D eigenvalue weighted by Crippen LogP contribution is -2.05. The fourth-order valence-electron chi connectivity index (χ4n) is 1.36. The van der Waals surface area contributed by atoms with E-state index in [1.165, 1.54) is 6.92 Å². The summed E-state index contributed by atoms with van der Waals surface area (Å²) in [6, 6.07) is 1.88. The summed E-state index contributed by atoms with van der Waals surface area (Å²) in [5, 5.41) is 19.1. The Morgan fingerprint density at radius 2 is 2.20 bits per heavy atom. The highest BCUT2D eigenvalue weighted by Crippen LogP contribution is 2.25. The van der Waals surface area contributed by atoms with Crippen molar-refractivity contribution in [3.05, 3.63) is 39.2 Å². The van der Waals surface area contributed by atoms with E-state index >= 15 is 0 Å². The first-order valence-corrected chi connectivity index (χ1v) is 4.07. The highest BCUT2D eigenvalue weighted by Gasteiger charge is 2.20. The Balaban J connectivity index is 3.33. The average molecular weight is 213 g/mol.